The molecule has 4 rings (SSSR count). The van der Waals surface area contributed by atoms with Crippen molar-refractivity contribution in [1.82, 2.24) is 10.1 Å². The molecule has 8 nitrogen and oxygen atoms in total. The second-order valence-corrected chi connectivity index (χ2v) is 8.05. The summed E-state index contributed by atoms with van der Waals surface area (Å²) < 4.78 is 12.6. The van der Waals surface area contributed by atoms with E-state index in [0.717, 1.165) is 0 Å². The molecular weight excluding hydrogens is 428 g/mol. The summed E-state index contributed by atoms with van der Waals surface area (Å²) in [5, 5.41) is 5.14. The molecule has 0 aliphatic carbocycles. The van der Waals surface area contributed by atoms with Crippen molar-refractivity contribution in [2.75, 3.05) is 24.9 Å². The Labute approximate surface area is 189 Å². The predicted octanol–water partition coefficient (Wildman–Crippen LogP) is 2.93. The summed E-state index contributed by atoms with van der Waals surface area (Å²) in [6.45, 7) is 5.21. The molecular formula is C23H23N4O4S+. The number of hydrogen-bond acceptors (Lipinski definition) is 6. The lowest BCUT2D eigenvalue weighted by Crippen LogP contribution is -2.60. The smallest absolute Gasteiger partial charge is 0.325 e. The lowest BCUT2D eigenvalue weighted by molar-refractivity contribution is -0.763. The third-order valence-electron chi connectivity index (χ3n) is 5.15. The fourth-order valence-electron chi connectivity index (χ4n) is 3.84. The van der Waals surface area contributed by atoms with E-state index < -0.39 is 6.17 Å². The molecule has 1 aromatic heterocycles. The van der Waals surface area contributed by atoms with Crippen molar-refractivity contribution >= 4 is 23.4 Å². The van der Waals surface area contributed by atoms with Gasteiger partial charge in [-0.15, -0.1) is 6.58 Å². The summed E-state index contributed by atoms with van der Waals surface area (Å²) in [7, 11) is 3.13. The van der Waals surface area contributed by atoms with Gasteiger partial charge < -0.3 is 9.47 Å². The maximum absolute atomic E-state index is 13.2. The van der Waals surface area contributed by atoms with E-state index in [0.29, 0.717) is 44.9 Å². The highest BCUT2D eigenvalue weighted by Crippen LogP contribution is 2.40. The maximum Gasteiger partial charge on any atom is 0.325 e. The summed E-state index contributed by atoms with van der Waals surface area (Å²) in [5.41, 5.74) is 1.94. The fourth-order valence-corrected chi connectivity index (χ4v) is 4.42. The molecule has 1 aliphatic rings. The molecule has 0 radical (unpaired) electrons. The number of benzene rings is 2. The Morgan fingerprint density at radius 1 is 1.28 bits per heavy atom. The molecule has 164 valence electrons. The lowest BCUT2D eigenvalue weighted by atomic mass is 10.0. The van der Waals surface area contributed by atoms with Crippen molar-refractivity contribution in [3.63, 3.8) is 0 Å². The number of anilines is 1. The Kier molecular flexibility index (Phi) is 6.00. The number of nitrogens with zero attached hydrogens (tertiary/aromatic N) is 3. The van der Waals surface area contributed by atoms with Crippen molar-refractivity contribution in [3.8, 4) is 22.8 Å². The largest absolute Gasteiger partial charge is 0.497 e. The average molecular weight is 452 g/mol. The van der Waals surface area contributed by atoms with Crippen LogP contribution >= 0.6 is 11.8 Å². The summed E-state index contributed by atoms with van der Waals surface area (Å²) in [5.74, 6) is 1.51. The van der Waals surface area contributed by atoms with E-state index in [1.807, 2.05) is 24.3 Å². The Bertz CT molecular complexity index is 1260. The van der Waals surface area contributed by atoms with Gasteiger partial charge in [-0.3, -0.25) is 14.6 Å². The number of aromatic amines is 1. The molecule has 0 saturated carbocycles. The quantitative estimate of drug-likeness (QED) is 0.352. The fraction of sp³-hybridized carbons (Fsp3) is 0.217. The van der Waals surface area contributed by atoms with Gasteiger partial charge in [0.25, 0.3) is 6.17 Å². The third kappa shape index (κ3) is 3.64. The van der Waals surface area contributed by atoms with Gasteiger partial charge in [-0.1, -0.05) is 30.0 Å². The van der Waals surface area contributed by atoms with E-state index in [1.165, 1.54) is 18.7 Å². The molecule has 2 heterocycles. The number of amides is 1. The van der Waals surface area contributed by atoms with Crippen LogP contribution in [-0.4, -0.2) is 36.0 Å². The number of nitrogens with one attached hydrogen (secondary N) is 1. The number of carbonyl (C=O) groups is 1. The van der Waals surface area contributed by atoms with Gasteiger partial charge in [0.05, 0.1) is 31.0 Å². The number of rotatable bonds is 6. The topological polar surface area (TPSA) is 88.4 Å². The van der Waals surface area contributed by atoms with Crippen molar-refractivity contribution in [1.29, 1.82) is 0 Å². The van der Waals surface area contributed by atoms with E-state index in [1.54, 1.807) is 48.1 Å². The van der Waals surface area contributed by atoms with Gasteiger partial charge in [0.1, 0.15) is 11.5 Å². The number of fused-ring (bicyclic) bond motifs is 3. The number of hydrogen-bond donors (Lipinski definition) is 1. The average Bonchev–Trinajstić information content (AvgIpc) is 2.80. The predicted molar refractivity (Wildman–Crippen MR) is 122 cm³/mol. The minimum Gasteiger partial charge on any atom is -0.497 e. The van der Waals surface area contributed by atoms with E-state index in [2.05, 4.69) is 11.6 Å². The summed E-state index contributed by atoms with van der Waals surface area (Å²) >= 11 is 1.35. The highest BCUT2D eigenvalue weighted by Gasteiger charge is 2.46. The Balaban J connectivity index is 2.08. The summed E-state index contributed by atoms with van der Waals surface area (Å²) in [6, 6.07) is 12.6. The number of thioether (sulfide) groups is 1. The molecule has 1 N–H and O–H groups in total. The summed E-state index contributed by atoms with van der Waals surface area (Å²) in [4.78, 5) is 30.7. The van der Waals surface area contributed by atoms with Crippen molar-refractivity contribution < 1.29 is 19.0 Å². The van der Waals surface area contributed by atoms with Gasteiger partial charge in [-0.25, -0.2) is 4.90 Å². The van der Waals surface area contributed by atoms with Crippen LogP contribution in [0.2, 0.25) is 0 Å². The van der Waals surface area contributed by atoms with Gasteiger partial charge in [0, 0.05) is 17.8 Å². The number of methoxy groups -OCH3 is 2. The molecule has 0 bridgehead atoms. The van der Waals surface area contributed by atoms with Crippen LogP contribution in [0.5, 0.6) is 11.5 Å². The second-order valence-electron chi connectivity index (χ2n) is 7.04. The van der Waals surface area contributed by atoms with Crippen LogP contribution in [0.1, 0.15) is 18.7 Å². The number of ether oxygens (including phenoxy) is 2. The zero-order chi connectivity index (χ0) is 22.8. The maximum atomic E-state index is 13.2. The Hall–Kier alpha value is -3.59. The van der Waals surface area contributed by atoms with Crippen molar-refractivity contribution in [2.24, 2.45) is 0 Å². The molecule has 0 unspecified atom stereocenters. The molecule has 1 amide bonds. The van der Waals surface area contributed by atoms with Crippen molar-refractivity contribution in [3.05, 3.63) is 71.0 Å². The van der Waals surface area contributed by atoms with E-state index in [-0.39, 0.29) is 11.5 Å². The minimum atomic E-state index is -0.757. The standard InChI is InChI=1S/C23H22N4O4S/c1-5-12-32-23-24-21(29)20-16-8-6-7-9-18(16)26(14(2)28)22(27(20)25-23)17-13-15(30-3)10-11-19(17)31-4/h5-11,13,22H,1,12H2,2-4H3/p+1/t22-/m1/s1. The molecule has 3 aromatic rings. The van der Waals surface area contributed by atoms with E-state index in [9.17, 15) is 9.59 Å². The van der Waals surface area contributed by atoms with Gasteiger partial charge in [0.2, 0.25) is 11.1 Å². The van der Waals surface area contributed by atoms with E-state index in [4.69, 9.17) is 14.6 Å². The molecule has 9 heteroatoms. The molecule has 0 fully saturated rings. The van der Waals surface area contributed by atoms with Gasteiger partial charge in [-0.2, -0.15) is 0 Å². The van der Waals surface area contributed by atoms with Crippen LogP contribution in [-0.2, 0) is 4.79 Å². The van der Waals surface area contributed by atoms with Gasteiger partial charge in [-0.05, 0) is 35.0 Å². The summed E-state index contributed by atoms with van der Waals surface area (Å²) in [6.07, 6.45) is 0.974. The number of para-hydroxylation sites is 1. The zero-order valence-electron chi connectivity index (χ0n) is 18.0. The molecule has 0 spiro atoms. The SMILES string of the molecule is C=CCSc1n[n+]2c(c(=O)[nH]1)-c1ccccc1N(C(C)=O)[C@H]2c1cc(OC)ccc1OC. The first-order valence-electron chi connectivity index (χ1n) is 9.91. The highest BCUT2D eigenvalue weighted by molar-refractivity contribution is 7.99. The van der Waals surface area contributed by atoms with Gasteiger partial charge in [0.15, 0.2) is 0 Å². The monoisotopic (exact) mass is 451 g/mol. The first-order valence-corrected chi connectivity index (χ1v) is 10.9. The van der Waals surface area contributed by atoms with E-state index >= 15 is 0 Å². The second kappa shape index (κ2) is 8.88. The van der Waals surface area contributed by atoms with Crippen LogP contribution in [0.3, 0.4) is 0 Å². The van der Waals surface area contributed by atoms with Crippen LogP contribution < -0.4 is 24.6 Å². The Morgan fingerprint density at radius 3 is 2.75 bits per heavy atom. The first kappa shape index (κ1) is 21.6. The van der Waals surface area contributed by atoms with Gasteiger partial charge >= 0.3 is 11.3 Å². The number of aromatic nitrogens is 3. The molecule has 0 saturated heterocycles. The molecule has 2 aromatic carbocycles. The number of H-pyrrole nitrogens is 1. The zero-order valence-corrected chi connectivity index (χ0v) is 18.8. The first-order chi connectivity index (χ1) is 15.5. The Morgan fingerprint density at radius 2 is 2.06 bits per heavy atom. The minimum absolute atomic E-state index is 0.201. The normalized spacial score (nSPS) is 14.3. The van der Waals surface area contributed by atoms with Crippen LogP contribution in [0, 0.1) is 0 Å². The number of carbonyl (C=O) groups excluding carboxylic acids is 1. The van der Waals surface area contributed by atoms with Crippen LogP contribution in [0.25, 0.3) is 11.3 Å². The lowest BCUT2D eigenvalue weighted by Gasteiger charge is -2.32. The highest BCUT2D eigenvalue weighted by atomic mass is 32.2. The van der Waals surface area contributed by atoms with Crippen LogP contribution in [0.4, 0.5) is 5.69 Å². The molecule has 1 aliphatic heterocycles. The molecule has 32 heavy (non-hydrogen) atoms. The third-order valence-corrected chi connectivity index (χ3v) is 6.01. The van der Waals surface area contributed by atoms with Crippen molar-refractivity contribution in [2.45, 2.75) is 18.2 Å². The van der Waals surface area contributed by atoms with Crippen LogP contribution in [0.15, 0.2) is 65.1 Å². The molecule has 1 atom stereocenters.